The van der Waals surface area contributed by atoms with E-state index in [2.05, 4.69) is 4.40 Å². The minimum atomic E-state index is -3.60. The van der Waals surface area contributed by atoms with E-state index in [-0.39, 0.29) is 4.90 Å². The van der Waals surface area contributed by atoms with Gasteiger partial charge in [-0.05, 0) is 32.9 Å². The highest BCUT2D eigenvalue weighted by molar-refractivity contribution is 7.90. The van der Waals surface area contributed by atoms with Crippen LogP contribution in [0.5, 0.6) is 0 Å². The lowest BCUT2D eigenvalue weighted by Crippen LogP contribution is -2.42. The number of rotatable bonds is 3. The fourth-order valence-electron chi connectivity index (χ4n) is 2.12. The molecule has 0 bridgehead atoms. The van der Waals surface area contributed by atoms with Crippen molar-refractivity contribution in [1.29, 1.82) is 0 Å². The quantitative estimate of drug-likeness (QED) is 0.905. The van der Waals surface area contributed by atoms with Crippen LogP contribution in [0.4, 0.5) is 0 Å². The number of aliphatic hydroxyl groups is 1. The summed E-state index contributed by atoms with van der Waals surface area (Å²) in [6.45, 7) is 6.18. The van der Waals surface area contributed by atoms with Gasteiger partial charge < -0.3 is 10.0 Å². The van der Waals surface area contributed by atoms with Gasteiger partial charge in [0.25, 0.3) is 10.0 Å². The van der Waals surface area contributed by atoms with Crippen LogP contribution >= 0.6 is 0 Å². The Kier molecular flexibility index (Phi) is 3.40. The van der Waals surface area contributed by atoms with Crippen LogP contribution in [-0.4, -0.2) is 43.0 Å². The predicted octanol–water partition coefficient (Wildman–Crippen LogP) is 1.23. The van der Waals surface area contributed by atoms with E-state index < -0.39 is 15.6 Å². The molecule has 0 unspecified atom stereocenters. The lowest BCUT2D eigenvalue weighted by atomic mass is 10.1. The van der Waals surface area contributed by atoms with E-state index >= 15 is 0 Å². The molecule has 2 rings (SSSR count). The third-order valence-corrected chi connectivity index (χ3v) is 4.20. The van der Waals surface area contributed by atoms with Crippen LogP contribution in [0.3, 0.4) is 0 Å². The predicted molar refractivity (Wildman–Crippen MR) is 73.7 cm³/mol. The van der Waals surface area contributed by atoms with Gasteiger partial charge in [0.15, 0.2) is 5.84 Å². The van der Waals surface area contributed by atoms with E-state index in [9.17, 15) is 13.5 Å². The molecule has 0 aliphatic carbocycles. The average molecular weight is 282 g/mol. The van der Waals surface area contributed by atoms with Crippen molar-refractivity contribution in [2.75, 3.05) is 13.1 Å². The van der Waals surface area contributed by atoms with Gasteiger partial charge in [-0.15, -0.1) is 4.40 Å². The lowest BCUT2D eigenvalue weighted by Gasteiger charge is -2.29. The first-order chi connectivity index (χ1) is 8.74. The molecule has 1 N–H and O–H groups in total. The number of amidine groups is 1. The number of fused-ring (bicyclic) bond motifs is 1. The maximum Gasteiger partial charge on any atom is 0.285 e. The first-order valence-electron chi connectivity index (χ1n) is 6.16. The number of hydrogen-bond acceptors (Lipinski definition) is 4. The topological polar surface area (TPSA) is 70.0 Å². The molecule has 19 heavy (non-hydrogen) atoms. The Morgan fingerprint density at radius 1 is 1.32 bits per heavy atom. The van der Waals surface area contributed by atoms with E-state index in [1.807, 2.05) is 6.92 Å². The van der Waals surface area contributed by atoms with Gasteiger partial charge in [-0.25, -0.2) is 0 Å². The summed E-state index contributed by atoms with van der Waals surface area (Å²) in [4.78, 5) is 2.02. The number of benzene rings is 1. The molecule has 6 heteroatoms. The van der Waals surface area contributed by atoms with E-state index in [0.717, 1.165) is 0 Å². The molecule has 1 aromatic carbocycles. The van der Waals surface area contributed by atoms with Crippen molar-refractivity contribution in [3.8, 4) is 0 Å². The minimum Gasteiger partial charge on any atom is -0.389 e. The second-order valence-electron chi connectivity index (χ2n) is 5.21. The standard InChI is InChI=1S/C13H18N2O3S/c1-4-15(9-13(2,3)16)12-10-7-5-6-8-11(10)19(17,18)14-12/h5-8,16H,4,9H2,1-3H3. The van der Waals surface area contributed by atoms with Gasteiger partial charge in [-0.2, -0.15) is 8.42 Å². The fourth-order valence-corrected chi connectivity index (χ4v) is 3.35. The number of hydrogen-bond donors (Lipinski definition) is 1. The highest BCUT2D eigenvalue weighted by Crippen LogP contribution is 2.27. The molecule has 1 aromatic rings. The van der Waals surface area contributed by atoms with Crippen LogP contribution in [0.15, 0.2) is 33.6 Å². The summed E-state index contributed by atoms with van der Waals surface area (Å²) in [7, 11) is -3.60. The van der Waals surface area contributed by atoms with Gasteiger partial charge in [0.2, 0.25) is 0 Å². The van der Waals surface area contributed by atoms with Gasteiger partial charge in [0, 0.05) is 18.7 Å². The lowest BCUT2D eigenvalue weighted by molar-refractivity contribution is 0.0574. The first kappa shape index (κ1) is 14.0. The molecule has 0 radical (unpaired) electrons. The highest BCUT2D eigenvalue weighted by Gasteiger charge is 2.32. The van der Waals surface area contributed by atoms with Gasteiger partial charge in [0.05, 0.1) is 5.60 Å². The van der Waals surface area contributed by atoms with Crippen molar-refractivity contribution in [3.05, 3.63) is 29.8 Å². The summed E-state index contributed by atoms with van der Waals surface area (Å²) in [5, 5.41) is 9.91. The Hall–Kier alpha value is -1.40. The summed E-state index contributed by atoms with van der Waals surface area (Å²) in [6, 6.07) is 6.76. The van der Waals surface area contributed by atoms with E-state index in [0.29, 0.717) is 24.5 Å². The summed E-state index contributed by atoms with van der Waals surface area (Å²) in [5.41, 5.74) is -0.312. The van der Waals surface area contributed by atoms with Crippen molar-refractivity contribution in [1.82, 2.24) is 4.90 Å². The zero-order chi connectivity index (χ0) is 14.3. The average Bonchev–Trinajstić information content (AvgIpc) is 2.58. The van der Waals surface area contributed by atoms with Crippen molar-refractivity contribution < 1.29 is 13.5 Å². The van der Waals surface area contributed by atoms with E-state index in [4.69, 9.17) is 0 Å². The summed E-state index contributed by atoms with van der Waals surface area (Å²) in [6.07, 6.45) is 0. The van der Waals surface area contributed by atoms with E-state index in [1.54, 1.807) is 43.0 Å². The Labute approximate surface area is 113 Å². The van der Waals surface area contributed by atoms with Gasteiger partial charge in [-0.1, -0.05) is 12.1 Å². The van der Waals surface area contributed by atoms with Gasteiger partial charge in [-0.3, -0.25) is 0 Å². The monoisotopic (exact) mass is 282 g/mol. The fraction of sp³-hybridized carbons (Fsp3) is 0.462. The molecule has 0 saturated heterocycles. The number of likely N-dealkylation sites (N-methyl/N-ethyl adjacent to an activating group) is 1. The molecule has 0 amide bonds. The number of nitrogens with zero attached hydrogens (tertiary/aromatic N) is 2. The second kappa shape index (κ2) is 4.61. The Morgan fingerprint density at radius 3 is 2.53 bits per heavy atom. The Morgan fingerprint density at radius 2 is 1.95 bits per heavy atom. The third kappa shape index (κ3) is 2.79. The molecule has 104 valence electrons. The van der Waals surface area contributed by atoms with Gasteiger partial charge in [0.1, 0.15) is 4.90 Å². The van der Waals surface area contributed by atoms with Crippen molar-refractivity contribution in [2.24, 2.45) is 4.40 Å². The summed E-state index contributed by atoms with van der Waals surface area (Å²) >= 11 is 0. The first-order valence-corrected chi connectivity index (χ1v) is 7.60. The van der Waals surface area contributed by atoms with Crippen LogP contribution < -0.4 is 0 Å². The molecular weight excluding hydrogens is 264 g/mol. The second-order valence-corrected chi connectivity index (χ2v) is 6.79. The van der Waals surface area contributed by atoms with Crippen LogP contribution in [0.25, 0.3) is 0 Å². The largest absolute Gasteiger partial charge is 0.389 e. The molecule has 0 fully saturated rings. The van der Waals surface area contributed by atoms with Crippen LogP contribution in [0.2, 0.25) is 0 Å². The van der Waals surface area contributed by atoms with Crippen LogP contribution in [0.1, 0.15) is 26.3 Å². The molecule has 5 nitrogen and oxygen atoms in total. The molecule has 1 aliphatic rings. The van der Waals surface area contributed by atoms with Crippen LogP contribution in [0, 0.1) is 0 Å². The van der Waals surface area contributed by atoms with Gasteiger partial charge >= 0.3 is 0 Å². The van der Waals surface area contributed by atoms with Crippen molar-refractivity contribution in [3.63, 3.8) is 0 Å². The molecule has 1 aliphatic heterocycles. The molecule has 0 saturated carbocycles. The Balaban J connectivity index is 2.46. The Bertz CT molecular complexity index is 615. The molecule has 0 spiro atoms. The minimum absolute atomic E-state index is 0.235. The normalized spacial score (nSPS) is 16.9. The summed E-state index contributed by atoms with van der Waals surface area (Å²) < 4.78 is 27.8. The van der Waals surface area contributed by atoms with Crippen LogP contribution in [-0.2, 0) is 10.0 Å². The molecule has 0 atom stereocenters. The summed E-state index contributed by atoms with van der Waals surface area (Å²) in [5.74, 6) is 0.417. The molecule has 0 aromatic heterocycles. The maximum atomic E-state index is 12.0. The van der Waals surface area contributed by atoms with Crippen molar-refractivity contribution >= 4 is 15.9 Å². The zero-order valence-electron chi connectivity index (χ0n) is 11.3. The van der Waals surface area contributed by atoms with Crippen molar-refractivity contribution in [2.45, 2.75) is 31.3 Å². The number of sulfonamides is 1. The molecule has 1 heterocycles. The molecular formula is C13H18N2O3S. The highest BCUT2D eigenvalue weighted by atomic mass is 32.2. The third-order valence-electron chi connectivity index (χ3n) is 2.87. The maximum absolute atomic E-state index is 12.0. The smallest absolute Gasteiger partial charge is 0.285 e. The SMILES string of the molecule is CCN(CC(C)(C)O)C1=NS(=O)(=O)c2ccccc21. The zero-order valence-corrected chi connectivity index (χ0v) is 12.1. The van der Waals surface area contributed by atoms with E-state index in [1.165, 1.54) is 0 Å².